The number of anilines is 1. The summed E-state index contributed by atoms with van der Waals surface area (Å²) < 4.78 is 22.6. The van der Waals surface area contributed by atoms with E-state index in [1.54, 1.807) is 6.92 Å². The SMILES string of the molecule is CC(=O)CCOCCOCCOCCOCCNc1ccccc1Br. The summed E-state index contributed by atoms with van der Waals surface area (Å²) in [7, 11) is 0. The molecule has 0 aliphatic heterocycles. The molecule has 0 radical (unpaired) electrons. The van der Waals surface area contributed by atoms with Crippen LogP contribution in [0.1, 0.15) is 13.3 Å². The van der Waals surface area contributed by atoms with Crippen LogP contribution >= 0.6 is 15.9 Å². The lowest BCUT2D eigenvalue weighted by Gasteiger charge is -2.09. The van der Waals surface area contributed by atoms with Crippen LogP contribution in [0.5, 0.6) is 0 Å². The normalized spacial score (nSPS) is 10.8. The number of carbonyl (C=O) groups is 1. The van der Waals surface area contributed by atoms with Gasteiger partial charge in [0.15, 0.2) is 0 Å². The fourth-order valence-electron chi connectivity index (χ4n) is 1.84. The molecule has 25 heavy (non-hydrogen) atoms. The molecule has 142 valence electrons. The summed E-state index contributed by atoms with van der Waals surface area (Å²) in [5, 5.41) is 3.30. The third-order valence-electron chi connectivity index (χ3n) is 3.15. The number of para-hydroxylation sites is 1. The van der Waals surface area contributed by atoms with Crippen molar-refractivity contribution < 1.29 is 23.7 Å². The van der Waals surface area contributed by atoms with Gasteiger partial charge >= 0.3 is 0 Å². The van der Waals surface area contributed by atoms with E-state index in [0.717, 1.165) is 16.7 Å². The Morgan fingerprint density at radius 3 is 1.96 bits per heavy atom. The predicted octanol–water partition coefficient (Wildman–Crippen LogP) is 2.91. The molecule has 1 rings (SSSR count). The summed E-state index contributed by atoms with van der Waals surface area (Å²) in [4.78, 5) is 10.7. The summed E-state index contributed by atoms with van der Waals surface area (Å²) >= 11 is 3.49. The second-order valence-corrected chi connectivity index (χ2v) is 6.16. The van der Waals surface area contributed by atoms with E-state index in [1.165, 1.54) is 0 Å². The number of hydrogen-bond donors (Lipinski definition) is 1. The lowest BCUT2D eigenvalue weighted by Crippen LogP contribution is -2.14. The zero-order chi connectivity index (χ0) is 18.2. The first kappa shape index (κ1) is 22.1. The molecule has 0 fully saturated rings. The van der Waals surface area contributed by atoms with Crippen LogP contribution in [0.25, 0.3) is 0 Å². The number of benzene rings is 1. The molecule has 0 aromatic heterocycles. The molecule has 1 aromatic rings. The number of ketones is 1. The molecule has 1 aromatic carbocycles. The van der Waals surface area contributed by atoms with E-state index in [9.17, 15) is 4.79 Å². The van der Waals surface area contributed by atoms with E-state index in [1.807, 2.05) is 24.3 Å². The highest BCUT2D eigenvalue weighted by atomic mass is 79.9. The number of ether oxygens (including phenoxy) is 4. The maximum Gasteiger partial charge on any atom is 0.132 e. The van der Waals surface area contributed by atoms with E-state index in [2.05, 4.69) is 21.2 Å². The molecular weight excluding hydrogens is 390 g/mol. The Balaban J connectivity index is 1.77. The Kier molecular flexibility index (Phi) is 13.5. The molecular formula is C18H28BrNO5. The van der Waals surface area contributed by atoms with Crippen molar-refractivity contribution in [3.05, 3.63) is 28.7 Å². The van der Waals surface area contributed by atoms with Crippen LogP contribution in [0.2, 0.25) is 0 Å². The molecule has 0 saturated carbocycles. The number of carbonyl (C=O) groups excluding carboxylic acids is 1. The zero-order valence-corrected chi connectivity index (χ0v) is 16.4. The molecule has 0 spiro atoms. The largest absolute Gasteiger partial charge is 0.382 e. The zero-order valence-electron chi connectivity index (χ0n) is 14.8. The summed E-state index contributed by atoms with van der Waals surface area (Å²) in [5.41, 5.74) is 1.06. The van der Waals surface area contributed by atoms with Crippen molar-refractivity contribution in [2.45, 2.75) is 13.3 Å². The predicted molar refractivity (Wildman–Crippen MR) is 101 cm³/mol. The second kappa shape index (κ2) is 15.3. The molecule has 7 heteroatoms. The highest BCUT2D eigenvalue weighted by molar-refractivity contribution is 9.10. The van der Waals surface area contributed by atoms with Crippen molar-refractivity contribution in [3.63, 3.8) is 0 Å². The second-order valence-electron chi connectivity index (χ2n) is 5.31. The van der Waals surface area contributed by atoms with Crippen molar-refractivity contribution in [1.29, 1.82) is 0 Å². The van der Waals surface area contributed by atoms with Gasteiger partial charge in [0, 0.05) is 23.1 Å². The maximum absolute atomic E-state index is 10.7. The number of nitrogens with one attached hydrogen (secondary N) is 1. The van der Waals surface area contributed by atoms with Gasteiger partial charge in [0.1, 0.15) is 5.78 Å². The van der Waals surface area contributed by atoms with Gasteiger partial charge in [0.25, 0.3) is 0 Å². The smallest absolute Gasteiger partial charge is 0.132 e. The summed E-state index contributed by atoms with van der Waals surface area (Å²) in [6.45, 7) is 6.57. The van der Waals surface area contributed by atoms with Gasteiger partial charge in [0.2, 0.25) is 0 Å². The van der Waals surface area contributed by atoms with Crippen molar-refractivity contribution >= 4 is 27.4 Å². The quantitative estimate of drug-likeness (QED) is 0.417. The average Bonchev–Trinajstić information content (AvgIpc) is 2.59. The molecule has 0 unspecified atom stereocenters. The lowest BCUT2D eigenvalue weighted by molar-refractivity contribution is -0.118. The number of Topliss-reactive ketones (excluding diaryl/α,β-unsaturated/α-hetero) is 1. The summed E-state index contributed by atoms with van der Waals surface area (Å²) in [6.07, 6.45) is 0.460. The van der Waals surface area contributed by atoms with Crippen LogP contribution in [0.15, 0.2) is 28.7 Å². The minimum atomic E-state index is 0.139. The first-order valence-corrected chi connectivity index (χ1v) is 9.28. The molecule has 0 heterocycles. The molecule has 0 bridgehead atoms. The van der Waals surface area contributed by atoms with Crippen molar-refractivity contribution in [3.8, 4) is 0 Å². The highest BCUT2D eigenvalue weighted by Gasteiger charge is 1.97. The van der Waals surface area contributed by atoms with Crippen molar-refractivity contribution in [2.75, 3.05) is 64.7 Å². The standard InChI is InChI=1S/C18H28BrNO5/c1-16(21)6-8-22-10-12-24-14-15-25-13-11-23-9-7-20-18-5-3-2-4-17(18)19/h2-5,20H,6-15H2,1H3. The molecule has 0 aliphatic carbocycles. The van der Waals surface area contributed by atoms with E-state index in [4.69, 9.17) is 18.9 Å². The molecule has 0 atom stereocenters. The van der Waals surface area contributed by atoms with Gasteiger partial charge in [-0.2, -0.15) is 0 Å². The first-order chi connectivity index (χ1) is 12.2. The van der Waals surface area contributed by atoms with Gasteiger partial charge in [-0.05, 0) is 35.0 Å². The molecule has 0 aliphatic rings. The molecule has 0 amide bonds. The minimum absolute atomic E-state index is 0.139. The maximum atomic E-state index is 10.7. The number of rotatable bonds is 16. The summed E-state index contributed by atoms with van der Waals surface area (Å²) in [5.74, 6) is 0.139. The van der Waals surface area contributed by atoms with Gasteiger partial charge in [-0.15, -0.1) is 0 Å². The third-order valence-corrected chi connectivity index (χ3v) is 3.84. The highest BCUT2D eigenvalue weighted by Crippen LogP contribution is 2.20. The van der Waals surface area contributed by atoms with Crippen LogP contribution in [-0.2, 0) is 23.7 Å². The monoisotopic (exact) mass is 417 g/mol. The van der Waals surface area contributed by atoms with Gasteiger partial charge in [-0.1, -0.05) is 12.1 Å². The van der Waals surface area contributed by atoms with Crippen LogP contribution < -0.4 is 5.32 Å². The van der Waals surface area contributed by atoms with Gasteiger partial charge in [-0.25, -0.2) is 0 Å². The Hall–Kier alpha value is -0.990. The Bertz CT molecular complexity index is 473. The van der Waals surface area contributed by atoms with Gasteiger partial charge in [0.05, 0.1) is 52.9 Å². The fraction of sp³-hybridized carbons (Fsp3) is 0.611. The number of hydrogen-bond acceptors (Lipinski definition) is 6. The Morgan fingerprint density at radius 1 is 0.880 bits per heavy atom. The van der Waals surface area contributed by atoms with Crippen LogP contribution in [0.4, 0.5) is 5.69 Å². The van der Waals surface area contributed by atoms with Crippen LogP contribution in [0, 0.1) is 0 Å². The van der Waals surface area contributed by atoms with E-state index in [-0.39, 0.29) is 5.78 Å². The molecule has 6 nitrogen and oxygen atoms in total. The molecule has 1 N–H and O–H groups in total. The first-order valence-electron chi connectivity index (χ1n) is 8.49. The lowest BCUT2D eigenvalue weighted by atomic mass is 10.3. The average molecular weight is 418 g/mol. The minimum Gasteiger partial charge on any atom is -0.382 e. The Morgan fingerprint density at radius 2 is 1.40 bits per heavy atom. The topological polar surface area (TPSA) is 66.0 Å². The summed E-state index contributed by atoms with van der Waals surface area (Å²) in [6, 6.07) is 7.98. The Labute approximate surface area is 158 Å². The van der Waals surface area contributed by atoms with E-state index >= 15 is 0 Å². The fourth-order valence-corrected chi connectivity index (χ4v) is 2.27. The van der Waals surface area contributed by atoms with Gasteiger partial charge < -0.3 is 24.3 Å². The van der Waals surface area contributed by atoms with E-state index < -0.39 is 0 Å². The number of halogens is 1. The van der Waals surface area contributed by atoms with Crippen LogP contribution in [0.3, 0.4) is 0 Å². The van der Waals surface area contributed by atoms with Gasteiger partial charge in [-0.3, -0.25) is 4.79 Å². The van der Waals surface area contributed by atoms with Crippen molar-refractivity contribution in [2.24, 2.45) is 0 Å². The van der Waals surface area contributed by atoms with Crippen LogP contribution in [-0.4, -0.2) is 65.2 Å². The third kappa shape index (κ3) is 12.9. The van der Waals surface area contributed by atoms with E-state index in [0.29, 0.717) is 59.3 Å². The van der Waals surface area contributed by atoms with Crippen molar-refractivity contribution in [1.82, 2.24) is 0 Å². The molecule has 0 saturated heterocycles.